The minimum Gasteiger partial charge on any atom is -0.325 e. The van der Waals surface area contributed by atoms with Gasteiger partial charge in [0, 0.05) is 21.6 Å². The molecule has 1 N–H and O–H groups in total. The third kappa shape index (κ3) is 6.22. The minimum atomic E-state index is -0.0945. The van der Waals surface area contributed by atoms with E-state index in [9.17, 15) is 4.79 Å². The maximum absolute atomic E-state index is 12.5. The van der Waals surface area contributed by atoms with Gasteiger partial charge < -0.3 is 9.88 Å². The average Bonchev–Trinajstić information content (AvgIpc) is 3.17. The largest absolute Gasteiger partial charge is 0.325 e. The van der Waals surface area contributed by atoms with E-state index in [1.807, 2.05) is 66.7 Å². The first-order chi connectivity index (χ1) is 15.6. The second-order valence-electron chi connectivity index (χ2n) is 7.12. The minimum absolute atomic E-state index is 0.0945. The molecule has 0 spiro atoms. The summed E-state index contributed by atoms with van der Waals surface area (Å²) in [5.74, 6) is 0.991. The zero-order valence-corrected chi connectivity index (χ0v) is 20.2. The Morgan fingerprint density at radius 2 is 1.66 bits per heavy atom. The molecule has 0 aliphatic carbocycles. The predicted octanol–water partition coefficient (Wildman–Crippen LogP) is 6.06. The molecule has 0 atom stereocenters. The lowest BCUT2D eigenvalue weighted by Gasteiger charge is -2.11. The lowest BCUT2D eigenvalue weighted by molar-refractivity contribution is -0.113. The third-order valence-corrected chi connectivity index (χ3v) is 6.46. The van der Waals surface area contributed by atoms with Crippen LogP contribution in [-0.4, -0.2) is 26.4 Å². The molecule has 1 aromatic heterocycles. The molecule has 8 heteroatoms. The van der Waals surface area contributed by atoms with Crippen molar-refractivity contribution in [3.8, 4) is 0 Å². The molecule has 0 aliphatic heterocycles. The second-order valence-corrected chi connectivity index (χ2v) is 9.41. The van der Waals surface area contributed by atoms with Crippen molar-refractivity contribution in [2.24, 2.45) is 0 Å². The smallest absolute Gasteiger partial charge is 0.234 e. The molecule has 0 aliphatic rings. The summed E-state index contributed by atoms with van der Waals surface area (Å²) >= 11 is 10.8. The summed E-state index contributed by atoms with van der Waals surface area (Å²) < 4.78 is 3.03. The van der Waals surface area contributed by atoms with E-state index in [1.165, 1.54) is 11.8 Å². The van der Waals surface area contributed by atoms with Crippen molar-refractivity contribution in [1.82, 2.24) is 14.8 Å². The van der Waals surface area contributed by atoms with Crippen molar-refractivity contribution in [3.05, 3.63) is 105 Å². The van der Waals surface area contributed by atoms with Crippen LogP contribution in [0.3, 0.4) is 0 Å². The van der Waals surface area contributed by atoms with E-state index in [0.717, 1.165) is 27.1 Å². The Bertz CT molecular complexity index is 1180. The van der Waals surface area contributed by atoms with Gasteiger partial charge in [-0.2, -0.15) is 0 Å². The fraction of sp³-hybridized carbons (Fsp3) is 0.125. The van der Waals surface area contributed by atoms with Crippen LogP contribution in [0.25, 0.3) is 0 Å². The molecule has 32 heavy (non-hydrogen) atoms. The highest BCUT2D eigenvalue weighted by molar-refractivity contribution is 9.10. The quantitative estimate of drug-likeness (QED) is 0.283. The van der Waals surface area contributed by atoms with Crippen molar-refractivity contribution in [2.45, 2.75) is 18.1 Å². The van der Waals surface area contributed by atoms with Crippen molar-refractivity contribution in [3.63, 3.8) is 0 Å². The molecule has 5 nitrogen and oxygen atoms in total. The van der Waals surface area contributed by atoms with E-state index in [-0.39, 0.29) is 11.7 Å². The molecular weight excluding hydrogens is 508 g/mol. The summed E-state index contributed by atoms with van der Waals surface area (Å²) in [5.41, 5.74) is 3.00. The number of aromatic nitrogens is 3. The van der Waals surface area contributed by atoms with Gasteiger partial charge in [-0.05, 0) is 47.5 Å². The highest BCUT2D eigenvalue weighted by atomic mass is 79.9. The number of hydrogen-bond donors (Lipinski definition) is 1. The van der Waals surface area contributed by atoms with E-state index in [2.05, 4.69) is 48.1 Å². The van der Waals surface area contributed by atoms with Crippen LogP contribution in [-0.2, 0) is 17.8 Å². The Morgan fingerprint density at radius 3 is 2.38 bits per heavy atom. The molecular formula is C24H20BrClN4OS. The maximum atomic E-state index is 12.5. The standard InChI is InChI=1S/C24H20BrClN4OS/c25-19-8-12-21(13-9-19)27-23(31)16-32-24-29-28-22(14-17-4-2-1-3-5-17)30(24)15-18-6-10-20(26)11-7-18/h1-13H,14-16H2,(H,27,31). The number of nitrogens with zero attached hydrogens (tertiary/aromatic N) is 3. The van der Waals surface area contributed by atoms with Gasteiger partial charge in [0.2, 0.25) is 5.91 Å². The van der Waals surface area contributed by atoms with Gasteiger partial charge in [-0.25, -0.2) is 0 Å². The summed E-state index contributed by atoms with van der Waals surface area (Å²) in [6.07, 6.45) is 0.660. The zero-order valence-electron chi connectivity index (χ0n) is 17.0. The normalized spacial score (nSPS) is 10.8. The molecule has 4 aromatic rings. The first kappa shape index (κ1) is 22.6. The lowest BCUT2D eigenvalue weighted by Crippen LogP contribution is -2.15. The van der Waals surface area contributed by atoms with Crippen molar-refractivity contribution >= 4 is 50.9 Å². The van der Waals surface area contributed by atoms with Crippen LogP contribution in [0.2, 0.25) is 5.02 Å². The fourth-order valence-electron chi connectivity index (χ4n) is 3.13. The molecule has 0 bridgehead atoms. The summed E-state index contributed by atoms with van der Waals surface area (Å²) in [4.78, 5) is 12.5. The highest BCUT2D eigenvalue weighted by Crippen LogP contribution is 2.22. The number of amides is 1. The van der Waals surface area contributed by atoms with Crippen LogP contribution >= 0.6 is 39.3 Å². The van der Waals surface area contributed by atoms with Gasteiger partial charge in [-0.15, -0.1) is 10.2 Å². The van der Waals surface area contributed by atoms with Crippen molar-refractivity contribution < 1.29 is 4.79 Å². The number of benzene rings is 3. The fourth-order valence-corrected chi connectivity index (χ4v) is 4.27. The summed E-state index contributed by atoms with van der Waals surface area (Å²) in [7, 11) is 0. The van der Waals surface area contributed by atoms with Gasteiger partial charge >= 0.3 is 0 Å². The lowest BCUT2D eigenvalue weighted by atomic mass is 10.1. The molecule has 3 aromatic carbocycles. The third-order valence-electron chi connectivity index (χ3n) is 4.71. The Labute approximate surface area is 204 Å². The summed E-state index contributed by atoms with van der Waals surface area (Å²) in [5, 5.41) is 13.1. The van der Waals surface area contributed by atoms with E-state index < -0.39 is 0 Å². The van der Waals surface area contributed by atoms with Gasteiger partial charge in [0.15, 0.2) is 5.16 Å². The van der Waals surface area contributed by atoms with Gasteiger partial charge in [-0.1, -0.05) is 81.8 Å². The van der Waals surface area contributed by atoms with E-state index in [1.54, 1.807) is 0 Å². The molecule has 4 rings (SSSR count). The SMILES string of the molecule is O=C(CSc1nnc(Cc2ccccc2)n1Cc1ccc(Cl)cc1)Nc1ccc(Br)cc1. The number of carbonyl (C=O) groups excluding carboxylic acids is 1. The van der Waals surface area contributed by atoms with Crippen molar-refractivity contribution in [2.75, 3.05) is 11.1 Å². The number of carbonyl (C=O) groups is 1. The topological polar surface area (TPSA) is 59.8 Å². The van der Waals surface area contributed by atoms with Crippen LogP contribution < -0.4 is 5.32 Å². The van der Waals surface area contributed by atoms with Gasteiger partial charge in [-0.3, -0.25) is 4.79 Å². The number of hydrogen-bond acceptors (Lipinski definition) is 4. The maximum Gasteiger partial charge on any atom is 0.234 e. The molecule has 0 saturated heterocycles. The Balaban J connectivity index is 1.50. The van der Waals surface area contributed by atoms with Gasteiger partial charge in [0.1, 0.15) is 5.82 Å². The van der Waals surface area contributed by atoms with Crippen molar-refractivity contribution in [1.29, 1.82) is 0 Å². The molecule has 1 amide bonds. The molecule has 0 radical (unpaired) electrons. The van der Waals surface area contributed by atoms with Crippen LogP contribution in [0.1, 0.15) is 17.0 Å². The molecule has 0 saturated carbocycles. The Kier molecular flexibility index (Phi) is 7.63. The number of halogens is 2. The Morgan fingerprint density at radius 1 is 0.938 bits per heavy atom. The predicted molar refractivity (Wildman–Crippen MR) is 133 cm³/mol. The van der Waals surface area contributed by atoms with E-state index >= 15 is 0 Å². The molecule has 0 fully saturated rings. The van der Waals surface area contributed by atoms with E-state index in [4.69, 9.17) is 11.6 Å². The van der Waals surface area contributed by atoms with E-state index in [0.29, 0.717) is 23.1 Å². The van der Waals surface area contributed by atoms with Crippen LogP contribution in [0.4, 0.5) is 5.69 Å². The Hall–Kier alpha value is -2.61. The second kappa shape index (κ2) is 10.8. The van der Waals surface area contributed by atoms with Crippen LogP contribution in [0.5, 0.6) is 0 Å². The van der Waals surface area contributed by atoms with Gasteiger partial charge in [0.25, 0.3) is 0 Å². The summed E-state index contributed by atoms with van der Waals surface area (Å²) in [6.45, 7) is 0.600. The number of nitrogens with one attached hydrogen (secondary N) is 1. The average molecular weight is 528 g/mol. The molecule has 162 valence electrons. The number of thioether (sulfide) groups is 1. The molecule has 0 unspecified atom stereocenters. The highest BCUT2D eigenvalue weighted by Gasteiger charge is 2.15. The van der Waals surface area contributed by atoms with Crippen LogP contribution in [0, 0.1) is 0 Å². The van der Waals surface area contributed by atoms with Crippen LogP contribution in [0.15, 0.2) is 88.5 Å². The number of rotatable bonds is 8. The monoisotopic (exact) mass is 526 g/mol. The van der Waals surface area contributed by atoms with Gasteiger partial charge in [0.05, 0.1) is 12.3 Å². The first-order valence-corrected chi connectivity index (χ1v) is 12.1. The molecule has 1 heterocycles. The summed E-state index contributed by atoms with van der Waals surface area (Å²) in [6, 6.07) is 25.4. The zero-order chi connectivity index (χ0) is 22.3. The first-order valence-electron chi connectivity index (χ1n) is 9.95. The number of anilines is 1.